The third-order valence-electron chi connectivity index (χ3n) is 5.12. The first-order valence-electron chi connectivity index (χ1n) is 8.31. The first-order chi connectivity index (χ1) is 11.0. The summed E-state index contributed by atoms with van der Waals surface area (Å²) in [5, 5.41) is 6.10. The van der Waals surface area contributed by atoms with E-state index in [2.05, 4.69) is 24.1 Å². The van der Waals surface area contributed by atoms with Crippen molar-refractivity contribution in [2.45, 2.75) is 51.5 Å². The van der Waals surface area contributed by atoms with Crippen LogP contribution in [0.15, 0.2) is 5.38 Å². The van der Waals surface area contributed by atoms with Crippen LogP contribution in [0.5, 0.6) is 0 Å². The summed E-state index contributed by atoms with van der Waals surface area (Å²) in [6.45, 7) is 4.19. The smallest absolute Gasteiger partial charge is 0.311 e. The van der Waals surface area contributed by atoms with Crippen molar-refractivity contribution < 1.29 is 14.3 Å². The van der Waals surface area contributed by atoms with Crippen molar-refractivity contribution >= 4 is 23.2 Å². The number of ether oxygens (including phenoxy) is 1. The first-order valence-corrected chi connectivity index (χ1v) is 9.19. The topological polar surface area (TPSA) is 68.3 Å². The zero-order chi connectivity index (χ0) is 16.6. The minimum atomic E-state index is -0.182. The molecule has 0 spiro atoms. The van der Waals surface area contributed by atoms with Gasteiger partial charge in [-0.1, -0.05) is 13.8 Å². The molecule has 23 heavy (non-hydrogen) atoms. The molecule has 2 fully saturated rings. The van der Waals surface area contributed by atoms with Crippen molar-refractivity contribution in [3.8, 4) is 0 Å². The minimum Gasteiger partial charge on any atom is -0.469 e. The lowest BCUT2D eigenvalue weighted by molar-refractivity contribution is -0.148. The number of carbonyl (C=O) groups excluding carboxylic acids is 2. The molecular weight excluding hydrogens is 312 g/mol. The highest BCUT2D eigenvalue weighted by molar-refractivity contribution is 7.09. The maximum Gasteiger partial charge on any atom is 0.311 e. The number of aromatic nitrogens is 1. The second-order valence-electron chi connectivity index (χ2n) is 6.98. The van der Waals surface area contributed by atoms with Gasteiger partial charge in [0.05, 0.1) is 30.2 Å². The number of rotatable bonds is 5. The van der Waals surface area contributed by atoms with Crippen molar-refractivity contribution in [2.75, 3.05) is 7.11 Å². The van der Waals surface area contributed by atoms with Gasteiger partial charge in [-0.25, -0.2) is 4.98 Å². The van der Waals surface area contributed by atoms with Crippen molar-refractivity contribution in [3.05, 3.63) is 16.1 Å². The molecule has 126 valence electrons. The van der Waals surface area contributed by atoms with Crippen LogP contribution in [0.4, 0.5) is 0 Å². The zero-order valence-corrected chi connectivity index (χ0v) is 14.7. The second kappa shape index (κ2) is 6.59. The molecule has 1 amide bonds. The van der Waals surface area contributed by atoms with Gasteiger partial charge in [0.25, 0.3) is 0 Å². The summed E-state index contributed by atoms with van der Waals surface area (Å²) in [5.74, 6) is 0.755. The molecule has 0 saturated heterocycles. The Morgan fingerprint density at radius 1 is 1.39 bits per heavy atom. The Morgan fingerprint density at radius 3 is 2.78 bits per heavy atom. The molecule has 0 aromatic carbocycles. The van der Waals surface area contributed by atoms with Crippen LogP contribution in [0.25, 0.3) is 0 Å². The van der Waals surface area contributed by atoms with E-state index in [1.807, 2.05) is 5.38 Å². The van der Waals surface area contributed by atoms with Gasteiger partial charge in [-0.15, -0.1) is 11.3 Å². The molecule has 1 heterocycles. The number of nitrogens with one attached hydrogen (secondary N) is 1. The number of hydrogen-bond donors (Lipinski definition) is 1. The molecule has 5 nitrogen and oxygen atoms in total. The molecule has 2 aliphatic rings. The van der Waals surface area contributed by atoms with E-state index in [9.17, 15) is 9.59 Å². The Hall–Kier alpha value is -1.43. The lowest BCUT2D eigenvalue weighted by Crippen LogP contribution is -2.47. The Kier molecular flexibility index (Phi) is 4.71. The Balaban J connectivity index is 1.63. The van der Waals surface area contributed by atoms with Gasteiger partial charge in [0.1, 0.15) is 0 Å². The molecule has 2 bridgehead atoms. The molecule has 6 heteroatoms. The molecule has 2 aliphatic carbocycles. The second-order valence-corrected chi connectivity index (χ2v) is 7.87. The van der Waals surface area contributed by atoms with Crippen LogP contribution in [-0.2, 0) is 20.7 Å². The predicted molar refractivity (Wildman–Crippen MR) is 88.2 cm³/mol. The number of amides is 1. The molecule has 1 aromatic rings. The molecular formula is C17H24N2O3S. The molecule has 1 N–H and O–H groups in total. The average Bonchev–Trinajstić information content (AvgIpc) is 3.21. The summed E-state index contributed by atoms with van der Waals surface area (Å²) in [4.78, 5) is 28.9. The summed E-state index contributed by atoms with van der Waals surface area (Å²) in [5.41, 5.74) is 0.814. The van der Waals surface area contributed by atoms with Gasteiger partial charge in [0, 0.05) is 17.3 Å². The van der Waals surface area contributed by atoms with Gasteiger partial charge < -0.3 is 10.1 Å². The monoisotopic (exact) mass is 336 g/mol. The molecule has 1 aromatic heterocycles. The Labute approximate surface area is 140 Å². The highest BCUT2D eigenvalue weighted by atomic mass is 32.1. The number of hydrogen-bond acceptors (Lipinski definition) is 5. The van der Waals surface area contributed by atoms with Crippen molar-refractivity contribution in [1.29, 1.82) is 0 Å². The number of fused-ring (bicyclic) bond motifs is 2. The first kappa shape index (κ1) is 16.4. The van der Waals surface area contributed by atoms with Crippen molar-refractivity contribution in [2.24, 2.45) is 17.8 Å². The van der Waals surface area contributed by atoms with E-state index in [4.69, 9.17) is 4.74 Å². The number of carbonyl (C=O) groups is 2. The Bertz CT molecular complexity index is 598. The van der Waals surface area contributed by atoms with E-state index in [0.29, 0.717) is 17.8 Å². The third kappa shape index (κ3) is 3.27. The van der Waals surface area contributed by atoms with Crippen LogP contribution in [0.1, 0.15) is 49.7 Å². The normalized spacial score (nSPS) is 29.0. The zero-order valence-electron chi connectivity index (χ0n) is 13.9. The van der Waals surface area contributed by atoms with Crippen LogP contribution < -0.4 is 5.32 Å². The van der Waals surface area contributed by atoms with Crippen molar-refractivity contribution in [3.63, 3.8) is 0 Å². The van der Waals surface area contributed by atoms with Gasteiger partial charge in [-0.3, -0.25) is 9.59 Å². The van der Waals surface area contributed by atoms with Gasteiger partial charge in [-0.2, -0.15) is 0 Å². The van der Waals surface area contributed by atoms with E-state index in [-0.39, 0.29) is 30.3 Å². The highest BCUT2D eigenvalue weighted by Gasteiger charge is 2.51. The van der Waals surface area contributed by atoms with Crippen LogP contribution in [0.2, 0.25) is 0 Å². The molecule has 2 saturated carbocycles. The molecule has 0 aliphatic heterocycles. The number of thiazole rings is 1. The summed E-state index contributed by atoms with van der Waals surface area (Å²) in [6, 6.07) is -0.0723. The molecule has 4 atom stereocenters. The highest BCUT2D eigenvalue weighted by Crippen LogP contribution is 2.48. The summed E-state index contributed by atoms with van der Waals surface area (Å²) in [6.07, 6.45) is 3.47. The lowest BCUT2D eigenvalue weighted by atomic mass is 9.84. The predicted octanol–water partition coefficient (Wildman–Crippen LogP) is 2.51. The van der Waals surface area contributed by atoms with Gasteiger partial charge in [0.2, 0.25) is 5.91 Å². The van der Waals surface area contributed by atoms with Crippen LogP contribution in [0.3, 0.4) is 0 Å². The Morgan fingerprint density at radius 2 is 2.13 bits per heavy atom. The van der Waals surface area contributed by atoms with E-state index in [1.165, 1.54) is 7.11 Å². The van der Waals surface area contributed by atoms with Gasteiger partial charge >= 0.3 is 5.97 Å². The quantitative estimate of drug-likeness (QED) is 0.839. The van der Waals surface area contributed by atoms with Crippen molar-refractivity contribution in [1.82, 2.24) is 10.3 Å². The van der Waals surface area contributed by atoms with Gasteiger partial charge in [0.15, 0.2) is 0 Å². The van der Waals surface area contributed by atoms with Crippen LogP contribution in [0, 0.1) is 17.8 Å². The van der Waals surface area contributed by atoms with E-state index in [0.717, 1.165) is 30.0 Å². The molecule has 0 radical (unpaired) electrons. The van der Waals surface area contributed by atoms with E-state index in [1.54, 1.807) is 11.3 Å². The van der Waals surface area contributed by atoms with E-state index < -0.39 is 0 Å². The molecule has 0 unspecified atom stereocenters. The summed E-state index contributed by atoms with van der Waals surface area (Å²) in [7, 11) is 1.43. The van der Waals surface area contributed by atoms with Crippen LogP contribution >= 0.6 is 11.3 Å². The number of esters is 1. The lowest BCUT2D eigenvalue weighted by Gasteiger charge is -2.29. The largest absolute Gasteiger partial charge is 0.469 e. The number of nitrogens with zero attached hydrogens (tertiary/aromatic N) is 1. The fraction of sp³-hybridized carbons (Fsp3) is 0.706. The number of methoxy groups -OCH3 is 1. The SMILES string of the molecule is COC(=O)[C@H]1[C@H]2CC[C@@H](C2)[C@H]1NC(=O)Cc1csc(C(C)C)n1. The van der Waals surface area contributed by atoms with Crippen LogP contribution in [-0.4, -0.2) is 30.0 Å². The fourth-order valence-electron chi connectivity index (χ4n) is 4.04. The standard InChI is InChI=1S/C17H24N2O3S/c1-9(2)16-18-12(8-23-16)7-13(20)19-15-11-5-4-10(6-11)14(15)17(21)22-3/h8-11,14-15H,4-7H2,1-3H3,(H,19,20)/t10-,11-,14-,15+/m0/s1. The average molecular weight is 336 g/mol. The maximum atomic E-state index is 12.4. The van der Waals surface area contributed by atoms with Gasteiger partial charge in [-0.05, 0) is 31.1 Å². The summed E-state index contributed by atoms with van der Waals surface area (Å²) >= 11 is 1.60. The maximum absolute atomic E-state index is 12.4. The minimum absolute atomic E-state index is 0.0444. The third-order valence-corrected chi connectivity index (χ3v) is 6.32. The summed E-state index contributed by atoms with van der Waals surface area (Å²) < 4.78 is 4.95. The van der Waals surface area contributed by atoms with E-state index >= 15 is 0 Å². The molecule has 3 rings (SSSR count). The fourth-order valence-corrected chi connectivity index (χ4v) is 4.88.